The number of hydrogen-bond donors (Lipinski definition) is 2. The second-order valence-corrected chi connectivity index (χ2v) is 6.27. The van der Waals surface area contributed by atoms with Gasteiger partial charge in [-0.2, -0.15) is 5.10 Å². The lowest BCUT2D eigenvalue weighted by molar-refractivity contribution is 0.0696. The van der Waals surface area contributed by atoms with Crippen molar-refractivity contribution in [1.82, 2.24) is 5.43 Å². The largest absolute Gasteiger partial charge is 0.493 e. The van der Waals surface area contributed by atoms with E-state index in [4.69, 9.17) is 18.7 Å². The van der Waals surface area contributed by atoms with Gasteiger partial charge in [0.05, 0.1) is 18.9 Å². The summed E-state index contributed by atoms with van der Waals surface area (Å²) < 4.78 is 16.4. The standard InChI is InChI=1S/C22H16N2O6/c1-28-18-4-2-3-15-11-19(30-20(15)18)21(25)24-23-12-16-9-10-17(29-16)13-5-7-14(8-6-13)22(26)27/h2-12H,1H3,(H,24,25)(H,26,27)/b23-12+. The molecule has 2 heterocycles. The molecular weight excluding hydrogens is 388 g/mol. The molecular formula is C22H16N2O6. The van der Waals surface area contributed by atoms with Crippen molar-refractivity contribution < 1.29 is 28.3 Å². The van der Waals surface area contributed by atoms with Crippen LogP contribution in [-0.2, 0) is 0 Å². The number of ether oxygens (including phenoxy) is 1. The van der Waals surface area contributed by atoms with Crippen LogP contribution in [-0.4, -0.2) is 30.3 Å². The average Bonchev–Trinajstić information content (AvgIpc) is 3.40. The molecule has 2 aromatic carbocycles. The molecule has 0 unspecified atom stereocenters. The van der Waals surface area contributed by atoms with Crippen molar-refractivity contribution in [2.24, 2.45) is 5.10 Å². The first-order valence-corrected chi connectivity index (χ1v) is 8.88. The molecule has 2 N–H and O–H groups in total. The van der Waals surface area contributed by atoms with Gasteiger partial charge in [0.1, 0.15) is 11.5 Å². The Morgan fingerprint density at radius 3 is 2.60 bits per heavy atom. The summed E-state index contributed by atoms with van der Waals surface area (Å²) in [5.74, 6) is 0.0934. The molecule has 0 bridgehead atoms. The fraction of sp³-hybridized carbons (Fsp3) is 0.0455. The number of fused-ring (bicyclic) bond motifs is 1. The highest BCUT2D eigenvalue weighted by Gasteiger charge is 2.14. The van der Waals surface area contributed by atoms with Crippen LogP contribution in [0, 0.1) is 0 Å². The summed E-state index contributed by atoms with van der Waals surface area (Å²) in [6.07, 6.45) is 1.36. The number of hydrazone groups is 1. The van der Waals surface area contributed by atoms with Crippen molar-refractivity contribution in [3.8, 4) is 17.1 Å². The fourth-order valence-electron chi connectivity index (χ4n) is 2.87. The highest BCUT2D eigenvalue weighted by atomic mass is 16.5. The van der Waals surface area contributed by atoms with E-state index in [1.54, 1.807) is 42.5 Å². The van der Waals surface area contributed by atoms with Crippen molar-refractivity contribution in [1.29, 1.82) is 0 Å². The molecule has 8 heteroatoms. The molecule has 0 spiro atoms. The molecule has 0 radical (unpaired) electrons. The molecule has 150 valence electrons. The van der Waals surface area contributed by atoms with Crippen LogP contribution in [0.3, 0.4) is 0 Å². The number of para-hydroxylation sites is 1. The molecule has 0 aliphatic heterocycles. The molecule has 8 nitrogen and oxygen atoms in total. The summed E-state index contributed by atoms with van der Waals surface area (Å²) in [7, 11) is 1.53. The number of carboxylic acid groups (broad SMARTS) is 1. The zero-order valence-corrected chi connectivity index (χ0v) is 15.8. The van der Waals surface area contributed by atoms with E-state index < -0.39 is 11.9 Å². The number of carbonyl (C=O) groups excluding carboxylic acids is 1. The number of furan rings is 2. The lowest BCUT2D eigenvalue weighted by Gasteiger charge is -1.98. The van der Waals surface area contributed by atoms with E-state index in [1.165, 1.54) is 25.5 Å². The smallest absolute Gasteiger partial charge is 0.335 e. The van der Waals surface area contributed by atoms with Crippen molar-refractivity contribution in [2.45, 2.75) is 0 Å². The maximum absolute atomic E-state index is 12.3. The Morgan fingerprint density at radius 1 is 1.07 bits per heavy atom. The van der Waals surface area contributed by atoms with Crippen LogP contribution in [0.1, 0.15) is 26.7 Å². The minimum absolute atomic E-state index is 0.102. The van der Waals surface area contributed by atoms with Crippen molar-refractivity contribution in [2.75, 3.05) is 7.11 Å². The number of hydrogen-bond acceptors (Lipinski definition) is 6. The predicted molar refractivity (Wildman–Crippen MR) is 109 cm³/mol. The fourth-order valence-corrected chi connectivity index (χ4v) is 2.87. The summed E-state index contributed by atoms with van der Waals surface area (Å²) in [5.41, 5.74) is 3.79. The number of nitrogens with zero attached hydrogens (tertiary/aromatic N) is 1. The number of benzene rings is 2. The minimum Gasteiger partial charge on any atom is -0.493 e. The number of carboxylic acids is 1. The van der Waals surface area contributed by atoms with E-state index in [9.17, 15) is 9.59 Å². The Bertz CT molecular complexity index is 1250. The third-order valence-corrected chi connectivity index (χ3v) is 4.35. The SMILES string of the molecule is COc1cccc2cc(C(=O)N/N=C/c3ccc(-c4ccc(C(=O)O)cc4)o3)oc12. The van der Waals surface area contributed by atoms with Crippen molar-refractivity contribution in [3.63, 3.8) is 0 Å². The molecule has 4 aromatic rings. The number of aromatic carboxylic acids is 1. The molecule has 2 aromatic heterocycles. The highest BCUT2D eigenvalue weighted by molar-refractivity contribution is 5.97. The van der Waals surface area contributed by atoms with Gasteiger partial charge in [0.2, 0.25) is 0 Å². The minimum atomic E-state index is -0.993. The number of nitrogens with one attached hydrogen (secondary N) is 1. The highest BCUT2D eigenvalue weighted by Crippen LogP contribution is 2.28. The quantitative estimate of drug-likeness (QED) is 0.368. The molecule has 30 heavy (non-hydrogen) atoms. The van der Waals surface area contributed by atoms with Crippen LogP contribution in [0.25, 0.3) is 22.3 Å². The van der Waals surface area contributed by atoms with E-state index in [2.05, 4.69) is 10.5 Å². The Morgan fingerprint density at radius 2 is 1.87 bits per heavy atom. The molecule has 4 rings (SSSR count). The van der Waals surface area contributed by atoms with Gasteiger partial charge >= 0.3 is 11.9 Å². The molecule has 0 saturated carbocycles. The van der Waals surface area contributed by atoms with Crippen LogP contribution in [0.2, 0.25) is 0 Å². The summed E-state index contributed by atoms with van der Waals surface area (Å²) in [5, 5.41) is 13.6. The van der Waals surface area contributed by atoms with Gasteiger partial charge in [0.25, 0.3) is 0 Å². The van der Waals surface area contributed by atoms with E-state index in [0.717, 1.165) is 10.9 Å². The molecule has 0 aliphatic rings. The molecule has 0 aliphatic carbocycles. The average molecular weight is 404 g/mol. The zero-order chi connectivity index (χ0) is 21.1. The summed E-state index contributed by atoms with van der Waals surface area (Å²) >= 11 is 0. The predicted octanol–water partition coefficient (Wildman–Crippen LogP) is 4.16. The second-order valence-electron chi connectivity index (χ2n) is 6.27. The maximum atomic E-state index is 12.3. The third kappa shape index (κ3) is 3.79. The van der Waals surface area contributed by atoms with Crippen LogP contribution < -0.4 is 10.2 Å². The molecule has 1 amide bonds. The number of methoxy groups -OCH3 is 1. The Hall–Kier alpha value is -4.33. The van der Waals surface area contributed by atoms with Gasteiger partial charge in [0, 0.05) is 10.9 Å². The van der Waals surface area contributed by atoms with E-state index in [-0.39, 0.29) is 11.3 Å². The number of amides is 1. The van der Waals surface area contributed by atoms with E-state index >= 15 is 0 Å². The van der Waals surface area contributed by atoms with Gasteiger partial charge < -0.3 is 18.7 Å². The van der Waals surface area contributed by atoms with Gasteiger partial charge in [-0.25, -0.2) is 10.2 Å². The molecule has 0 saturated heterocycles. The van der Waals surface area contributed by atoms with Crippen LogP contribution in [0.4, 0.5) is 0 Å². The Balaban J connectivity index is 1.43. The molecule has 0 atom stereocenters. The van der Waals surface area contributed by atoms with Gasteiger partial charge in [0.15, 0.2) is 17.1 Å². The molecule has 0 fully saturated rings. The van der Waals surface area contributed by atoms with E-state index in [1.807, 2.05) is 6.07 Å². The lowest BCUT2D eigenvalue weighted by atomic mass is 10.1. The lowest BCUT2D eigenvalue weighted by Crippen LogP contribution is -2.16. The topological polar surface area (TPSA) is 114 Å². The van der Waals surface area contributed by atoms with Gasteiger partial charge in [-0.1, -0.05) is 24.3 Å². The third-order valence-electron chi connectivity index (χ3n) is 4.35. The zero-order valence-electron chi connectivity index (χ0n) is 15.8. The maximum Gasteiger partial charge on any atom is 0.335 e. The van der Waals surface area contributed by atoms with Gasteiger partial charge in [-0.05, 0) is 36.4 Å². The van der Waals surface area contributed by atoms with Crippen LogP contribution in [0.15, 0.2) is 74.6 Å². The summed E-state index contributed by atoms with van der Waals surface area (Å²) in [4.78, 5) is 23.2. The van der Waals surface area contributed by atoms with Crippen LogP contribution in [0.5, 0.6) is 5.75 Å². The van der Waals surface area contributed by atoms with Gasteiger partial charge in [-0.15, -0.1) is 0 Å². The van der Waals surface area contributed by atoms with Crippen molar-refractivity contribution in [3.05, 3.63) is 77.7 Å². The first kappa shape index (κ1) is 19.0. The summed E-state index contributed by atoms with van der Waals surface area (Å²) in [6, 6.07) is 16.7. The first-order chi connectivity index (χ1) is 14.5. The van der Waals surface area contributed by atoms with Gasteiger partial charge in [-0.3, -0.25) is 4.79 Å². The van der Waals surface area contributed by atoms with Crippen LogP contribution >= 0.6 is 0 Å². The first-order valence-electron chi connectivity index (χ1n) is 8.88. The second kappa shape index (κ2) is 7.96. The Kier molecular flexibility index (Phi) is 5.04. The normalized spacial score (nSPS) is 11.1. The van der Waals surface area contributed by atoms with E-state index in [0.29, 0.717) is 22.9 Å². The Labute approximate surface area is 170 Å². The number of carbonyl (C=O) groups is 2. The van der Waals surface area contributed by atoms with Crippen molar-refractivity contribution >= 4 is 29.1 Å². The number of rotatable bonds is 6. The monoisotopic (exact) mass is 404 g/mol. The summed E-state index contributed by atoms with van der Waals surface area (Å²) in [6.45, 7) is 0.